The van der Waals surface area contributed by atoms with Crippen molar-refractivity contribution in [2.45, 2.75) is 12.5 Å². The summed E-state index contributed by atoms with van der Waals surface area (Å²) in [4.78, 5) is 14.9. The van der Waals surface area contributed by atoms with Crippen LogP contribution in [0.3, 0.4) is 0 Å². The van der Waals surface area contributed by atoms with Crippen molar-refractivity contribution in [3.63, 3.8) is 0 Å². The minimum Gasteiger partial charge on any atom is -0.396 e. The van der Waals surface area contributed by atoms with E-state index in [-0.39, 0.29) is 25.1 Å². The Morgan fingerprint density at radius 1 is 0.821 bits per heavy atom. The molecular weight excluding hydrogens is 348 g/mol. The lowest BCUT2D eigenvalue weighted by atomic mass is 9.96. The van der Waals surface area contributed by atoms with Gasteiger partial charge in [-0.1, -0.05) is 78.9 Å². The largest absolute Gasteiger partial charge is 0.396 e. The quantitative estimate of drug-likeness (QED) is 0.593. The first-order valence-electron chi connectivity index (χ1n) is 9.57. The van der Waals surface area contributed by atoms with E-state index in [1.807, 2.05) is 66.7 Å². The van der Waals surface area contributed by atoms with Crippen LogP contribution in [0.5, 0.6) is 0 Å². The average Bonchev–Trinajstić information content (AvgIpc) is 2.74. The van der Waals surface area contributed by atoms with E-state index in [2.05, 4.69) is 34.5 Å². The van der Waals surface area contributed by atoms with Crippen LogP contribution in [0.4, 0.5) is 5.69 Å². The van der Waals surface area contributed by atoms with E-state index in [1.54, 1.807) is 0 Å². The molecule has 0 atom stereocenters. The zero-order chi connectivity index (χ0) is 19.6. The molecule has 0 saturated carbocycles. The third-order valence-electron chi connectivity index (χ3n) is 4.60. The van der Waals surface area contributed by atoms with Gasteiger partial charge in [0.15, 0.2) is 0 Å². The number of anilines is 1. The lowest BCUT2D eigenvalue weighted by Gasteiger charge is -2.32. The van der Waals surface area contributed by atoms with Crippen molar-refractivity contribution < 1.29 is 9.90 Å². The third-order valence-corrected chi connectivity index (χ3v) is 4.60. The monoisotopic (exact) mass is 374 g/mol. The topological polar surface area (TPSA) is 52.6 Å². The van der Waals surface area contributed by atoms with Gasteiger partial charge in [-0.2, -0.15) is 0 Å². The van der Waals surface area contributed by atoms with Crippen LogP contribution < -0.4 is 5.32 Å². The highest BCUT2D eigenvalue weighted by Gasteiger charge is 2.24. The molecule has 4 nitrogen and oxygen atoms in total. The van der Waals surface area contributed by atoms with Gasteiger partial charge in [0.05, 0.1) is 12.6 Å². The minimum absolute atomic E-state index is 0.0597. The molecule has 0 radical (unpaired) electrons. The van der Waals surface area contributed by atoms with Crippen LogP contribution in [0.15, 0.2) is 91.0 Å². The standard InChI is InChI=1S/C24H26N2O2/c27-18-10-17-26(19-23(28)25-22-15-8-3-9-16-22)24(20-11-4-1-5-12-20)21-13-6-2-7-14-21/h1-9,11-16,24,27H,10,17-19H2,(H,25,28). The molecule has 0 aliphatic carbocycles. The van der Waals surface area contributed by atoms with Gasteiger partial charge in [-0.05, 0) is 29.7 Å². The highest BCUT2D eigenvalue weighted by atomic mass is 16.3. The summed E-state index contributed by atoms with van der Waals surface area (Å²) in [5.41, 5.74) is 3.03. The van der Waals surface area contributed by atoms with Gasteiger partial charge in [0.2, 0.25) is 5.91 Å². The molecule has 1 amide bonds. The summed E-state index contributed by atoms with van der Waals surface area (Å²) in [7, 11) is 0. The minimum atomic E-state index is -0.0685. The maximum absolute atomic E-state index is 12.7. The van der Waals surface area contributed by atoms with Crippen molar-refractivity contribution in [2.24, 2.45) is 0 Å². The van der Waals surface area contributed by atoms with Crippen molar-refractivity contribution in [2.75, 3.05) is 25.0 Å². The van der Waals surface area contributed by atoms with Gasteiger partial charge in [-0.15, -0.1) is 0 Å². The first-order valence-corrected chi connectivity index (χ1v) is 9.57. The smallest absolute Gasteiger partial charge is 0.238 e. The van der Waals surface area contributed by atoms with E-state index < -0.39 is 0 Å². The van der Waals surface area contributed by atoms with Crippen molar-refractivity contribution in [1.29, 1.82) is 0 Å². The molecule has 3 rings (SSSR count). The van der Waals surface area contributed by atoms with Crippen LogP contribution in [0.25, 0.3) is 0 Å². The summed E-state index contributed by atoms with van der Waals surface area (Å²) >= 11 is 0. The number of para-hydroxylation sites is 1. The van der Waals surface area contributed by atoms with Crippen molar-refractivity contribution in [3.8, 4) is 0 Å². The molecule has 0 saturated heterocycles. The summed E-state index contributed by atoms with van der Waals surface area (Å²) in [5, 5.41) is 12.3. The number of benzene rings is 3. The fourth-order valence-electron chi connectivity index (χ4n) is 3.36. The Bertz CT molecular complexity index is 799. The number of nitrogens with one attached hydrogen (secondary N) is 1. The van der Waals surface area contributed by atoms with Crippen LogP contribution >= 0.6 is 0 Å². The van der Waals surface area contributed by atoms with Gasteiger partial charge in [-0.25, -0.2) is 0 Å². The number of nitrogens with zero attached hydrogens (tertiary/aromatic N) is 1. The molecule has 0 fully saturated rings. The SMILES string of the molecule is O=C(CN(CCCO)C(c1ccccc1)c1ccccc1)Nc1ccccc1. The Labute approximate surface area is 166 Å². The Kier molecular flexibility index (Phi) is 7.36. The lowest BCUT2D eigenvalue weighted by Crippen LogP contribution is -2.37. The molecule has 0 spiro atoms. The molecule has 0 bridgehead atoms. The van der Waals surface area contributed by atoms with Crippen molar-refractivity contribution in [1.82, 2.24) is 4.90 Å². The molecule has 3 aromatic rings. The first-order chi connectivity index (χ1) is 13.8. The number of amides is 1. The molecule has 144 valence electrons. The Hall–Kier alpha value is -2.95. The van der Waals surface area contributed by atoms with E-state index in [0.717, 1.165) is 16.8 Å². The predicted octanol–water partition coefficient (Wildman–Crippen LogP) is 4.10. The number of aliphatic hydroxyl groups is 1. The van der Waals surface area contributed by atoms with E-state index in [4.69, 9.17) is 0 Å². The van der Waals surface area contributed by atoms with E-state index in [9.17, 15) is 9.90 Å². The number of hydrogen-bond acceptors (Lipinski definition) is 3. The number of carbonyl (C=O) groups is 1. The summed E-state index contributed by atoms with van der Waals surface area (Å²) in [5.74, 6) is -0.0685. The molecule has 0 unspecified atom stereocenters. The molecule has 0 heterocycles. The lowest BCUT2D eigenvalue weighted by molar-refractivity contribution is -0.117. The second-order valence-electron chi connectivity index (χ2n) is 6.69. The Morgan fingerprint density at radius 2 is 1.32 bits per heavy atom. The molecular formula is C24H26N2O2. The van der Waals surface area contributed by atoms with Gasteiger partial charge in [0.1, 0.15) is 0 Å². The van der Waals surface area contributed by atoms with Gasteiger partial charge < -0.3 is 10.4 Å². The van der Waals surface area contributed by atoms with E-state index in [0.29, 0.717) is 13.0 Å². The number of carbonyl (C=O) groups excluding carboxylic acids is 1. The number of aliphatic hydroxyl groups excluding tert-OH is 1. The zero-order valence-corrected chi connectivity index (χ0v) is 15.9. The normalized spacial score (nSPS) is 11.0. The highest BCUT2D eigenvalue weighted by molar-refractivity contribution is 5.92. The Morgan fingerprint density at radius 3 is 1.82 bits per heavy atom. The first kappa shape index (κ1) is 19.8. The van der Waals surface area contributed by atoms with Gasteiger partial charge >= 0.3 is 0 Å². The molecule has 28 heavy (non-hydrogen) atoms. The molecule has 2 N–H and O–H groups in total. The second kappa shape index (κ2) is 10.4. The molecule has 0 aromatic heterocycles. The van der Waals surface area contributed by atoms with Crippen LogP contribution in [-0.2, 0) is 4.79 Å². The second-order valence-corrected chi connectivity index (χ2v) is 6.69. The maximum atomic E-state index is 12.7. The highest BCUT2D eigenvalue weighted by Crippen LogP contribution is 2.28. The fraction of sp³-hybridized carbons (Fsp3) is 0.208. The average molecular weight is 374 g/mol. The number of hydrogen-bond donors (Lipinski definition) is 2. The summed E-state index contributed by atoms with van der Waals surface area (Å²) < 4.78 is 0. The summed E-state index contributed by atoms with van der Waals surface area (Å²) in [6, 6.07) is 29.8. The van der Waals surface area contributed by atoms with Crippen LogP contribution in [0.2, 0.25) is 0 Å². The zero-order valence-electron chi connectivity index (χ0n) is 15.9. The third kappa shape index (κ3) is 5.52. The van der Waals surface area contributed by atoms with Gasteiger partial charge in [-0.3, -0.25) is 9.69 Å². The summed E-state index contributed by atoms with van der Waals surface area (Å²) in [6.07, 6.45) is 0.606. The van der Waals surface area contributed by atoms with E-state index >= 15 is 0 Å². The molecule has 0 aliphatic rings. The molecule has 3 aromatic carbocycles. The van der Waals surface area contributed by atoms with Crippen LogP contribution in [0.1, 0.15) is 23.6 Å². The van der Waals surface area contributed by atoms with Crippen LogP contribution in [-0.4, -0.2) is 35.6 Å². The fourth-order valence-corrected chi connectivity index (χ4v) is 3.36. The molecule has 4 heteroatoms. The van der Waals surface area contributed by atoms with Gasteiger partial charge in [0, 0.05) is 18.8 Å². The molecule has 0 aliphatic heterocycles. The van der Waals surface area contributed by atoms with Crippen molar-refractivity contribution in [3.05, 3.63) is 102 Å². The van der Waals surface area contributed by atoms with Gasteiger partial charge in [0.25, 0.3) is 0 Å². The van der Waals surface area contributed by atoms with Crippen molar-refractivity contribution >= 4 is 11.6 Å². The summed E-state index contributed by atoms with van der Waals surface area (Å²) in [6.45, 7) is 0.948. The van der Waals surface area contributed by atoms with Crippen LogP contribution in [0, 0.1) is 0 Å². The number of rotatable bonds is 9. The maximum Gasteiger partial charge on any atom is 0.238 e. The Balaban J connectivity index is 1.86. The van der Waals surface area contributed by atoms with E-state index in [1.165, 1.54) is 0 Å². The predicted molar refractivity (Wildman–Crippen MR) is 113 cm³/mol.